The molecule has 10 heteroatoms. The summed E-state index contributed by atoms with van der Waals surface area (Å²) in [6.45, 7) is 2.49. The van der Waals surface area contributed by atoms with E-state index in [1.807, 2.05) is 12.1 Å². The van der Waals surface area contributed by atoms with E-state index in [9.17, 15) is 9.59 Å². The van der Waals surface area contributed by atoms with E-state index in [0.717, 1.165) is 29.4 Å². The molecular formula is C17H23N5O3S2. The second-order valence-corrected chi connectivity index (χ2v) is 7.43. The Morgan fingerprint density at radius 1 is 1.33 bits per heavy atom. The number of aromatic nitrogens is 2. The van der Waals surface area contributed by atoms with Gasteiger partial charge < -0.3 is 15.4 Å². The van der Waals surface area contributed by atoms with Gasteiger partial charge in [0.15, 0.2) is 0 Å². The van der Waals surface area contributed by atoms with E-state index in [4.69, 9.17) is 10.5 Å². The molecule has 0 fully saturated rings. The quantitative estimate of drug-likeness (QED) is 0.548. The second kappa shape index (κ2) is 10.7. The highest BCUT2D eigenvalue weighted by atomic mass is 32.2. The normalized spacial score (nSPS) is 10.4. The van der Waals surface area contributed by atoms with E-state index >= 15 is 0 Å². The van der Waals surface area contributed by atoms with Crippen LogP contribution in [0.2, 0.25) is 0 Å². The third kappa shape index (κ3) is 7.06. The first-order chi connectivity index (χ1) is 13.0. The van der Waals surface area contributed by atoms with Crippen molar-refractivity contribution >= 4 is 45.9 Å². The van der Waals surface area contributed by atoms with Crippen LogP contribution in [0, 0.1) is 0 Å². The lowest BCUT2D eigenvalue weighted by atomic mass is 10.2. The number of hydrogen-bond donors (Lipinski definition) is 2. The molecule has 0 saturated carbocycles. The van der Waals surface area contributed by atoms with Crippen LogP contribution in [0.1, 0.15) is 19.8 Å². The van der Waals surface area contributed by atoms with Crippen molar-refractivity contribution < 1.29 is 14.3 Å². The van der Waals surface area contributed by atoms with Crippen LogP contribution in [0.5, 0.6) is 5.75 Å². The van der Waals surface area contributed by atoms with Gasteiger partial charge in [-0.1, -0.05) is 18.7 Å². The van der Waals surface area contributed by atoms with Crippen LogP contribution in [-0.2, 0) is 9.59 Å². The number of thioether (sulfide) groups is 1. The summed E-state index contributed by atoms with van der Waals surface area (Å²) in [5, 5.41) is 3.89. The molecule has 27 heavy (non-hydrogen) atoms. The maximum absolute atomic E-state index is 12.4. The molecule has 1 aromatic carbocycles. The van der Waals surface area contributed by atoms with Crippen LogP contribution in [0.3, 0.4) is 0 Å². The first-order valence-corrected chi connectivity index (χ1v) is 10.2. The Morgan fingerprint density at radius 3 is 2.70 bits per heavy atom. The smallest absolute Gasteiger partial charge is 0.245 e. The lowest BCUT2D eigenvalue weighted by Gasteiger charge is -2.23. The molecule has 1 heterocycles. The van der Waals surface area contributed by atoms with Gasteiger partial charge in [-0.3, -0.25) is 14.9 Å². The fourth-order valence-electron chi connectivity index (χ4n) is 2.18. The van der Waals surface area contributed by atoms with Gasteiger partial charge in [0, 0.05) is 35.9 Å². The predicted octanol–water partition coefficient (Wildman–Crippen LogP) is 2.37. The van der Waals surface area contributed by atoms with Crippen molar-refractivity contribution in [2.24, 2.45) is 5.73 Å². The molecule has 2 amide bonds. The maximum Gasteiger partial charge on any atom is 0.245 e. The van der Waals surface area contributed by atoms with Crippen molar-refractivity contribution in [1.82, 2.24) is 9.36 Å². The number of primary amides is 1. The molecule has 0 aliphatic rings. The zero-order chi connectivity index (χ0) is 19.6. The number of benzene rings is 1. The third-order valence-corrected chi connectivity index (χ3v) is 5.29. The highest BCUT2D eigenvalue weighted by molar-refractivity contribution is 7.99. The van der Waals surface area contributed by atoms with Crippen molar-refractivity contribution in [3.8, 4) is 5.75 Å². The standard InChI is InChI=1S/C17H23N5O3S2/c1-3-10-26-17-20-16(27-21-17)19-15(24)11-22(9-8-14(18)23)12-4-6-13(25-2)7-5-12/h4-7H,3,8-11H2,1-2H3,(H2,18,23)(H,19,20,21,24). The number of methoxy groups -OCH3 is 1. The van der Waals surface area contributed by atoms with Gasteiger partial charge in [0.25, 0.3) is 0 Å². The topological polar surface area (TPSA) is 110 Å². The van der Waals surface area contributed by atoms with Gasteiger partial charge in [-0.25, -0.2) is 0 Å². The number of amides is 2. The summed E-state index contributed by atoms with van der Waals surface area (Å²) in [5.41, 5.74) is 6.05. The average molecular weight is 410 g/mol. The van der Waals surface area contributed by atoms with Crippen molar-refractivity contribution in [3.63, 3.8) is 0 Å². The molecule has 146 valence electrons. The second-order valence-electron chi connectivity index (χ2n) is 5.61. The lowest BCUT2D eigenvalue weighted by molar-refractivity contribution is -0.118. The molecule has 0 radical (unpaired) electrons. The molecule has 0 bridgehead atoms. The molecule has 0 aliphatic carbocycles. The number of carbonyl (C=O) groups is 2. The van der Waals surface area contributed by atoms with Crippen LogP contribution in [0.25, 0.3) is 0 Å². The third-order valence-electron chi connectivity index (χ3n) is 3.49. The lowest BCUT2D eigenvalue weighted by Crippen LogP contribution is -2.35. The van der Waals surface area contributed by atoms with Gasteiger partial charge in [-0.2, -0.15) is 9.36 Å². The number of carbonyl (C=O) groups excluding carboxylic acids is 2. The summed E-state index contributed by atoms with van der Waals surface area (Å²) >= 11 is 2.71. The predicted molar refractivity (Wildman–Crippen MR) is 109 cm³/mol. The zero-order valence-corrected chi connectivity index (χ0v) is 16.9. The fourth-order valence-corrected chi connectivity index (χ4v) is 3.60. The van der Waals surface area contributed by atoms with Gasteiger partial charge in [0.05, 0.1) is 13.7 Å². The largest absolute Gasteiger partial charge is 0.497 e. The number of anilines is 2. The van der Waals surface area contributed by atoms with Crippen LogP contribution in [-0.4, -0.2) is 47.1 Å². The van der Waals surface area contributed by atoms with Gasteiger partial charge >= 0.3 is 0 Å². The maximum atomic E-state index is 12.4. The van der Waals surface area contributed by atoms with Crippen LogP contribution >= 0.6 is 23.3 Å². The SMILES string of the molecule is CCCSc1nsc(NC(=O)CN(CCC(N)=O)c2ccc(OC)cc2)n1. The molecule has 0 saturated heterocycles. The van der Waals surface area contributed by atoms with E-state index in [2.05, 4.69) is 21.6 Å². The summed E-state index contributed by atoms with van der Waals surface area (Å²) in [6, 6.07) is 7.26. The first-order valence-electron chi connectivity index (χ1n) is 8.45. The summed E-state index contributed by atoms with van der Waals surface area (Å²) in [5.74, 6) is 0.987. The monoisotopic (exact) mass is 409 g/mol. The van der Waals surface area contributed by atoms with E-state index in [1.54, 1.807) is 35.9 Å². The summed E-state index contributed by atoms with van der Waals surface area (Å²) in [7, 11) is 1.59. The fraction of sp³-hybridized carbons (Fsp3) is 0.412. The van der Waals surface area contributed by atoms with Crippen LogP contribution in [0.4, 0.5) is 10.8 Å². The molecule has 0 aliphatic heterocycles. The molecule has 8 nitrogen and oxygen atoms in total. The number of nitrogens with two attached hydrogens (primary N) is 1. The highest BCUT2D eigenvalue weighted by Crippen LogP contribution is 2.22. The van der Waals surface area contributed by atoms with Gasteiger partial charge in [-0.15, -0.1) is 0 Å². The Morgan fingerprint density at radius 2 is 2.07 bits per heavy atom. The van der Waals surface area contributed by atoms with Crippen molar-refractivity contribution in [3.05, 3.63) is 24.3 Å². The summed E-state index contributed by atoms with van der Waals surface area (Å²) in [6.07, 6.45) is 1.18. The summed E-state index contributed by atoms with van der Waals surface area (Å²) < 4.78 is 9.36. The minimum Gasteiger partial charge on any atom is -0.497 e. The Balaban J connectivity index is 2.01. The zero-order valence-electron chi connectivity index (χ0n) is 15.3. The Labute approximate surface area is 166 Å². The van der Waals surface area contributed by atoms with Crippen LogP contribution in [0.15, 0.2) is 29.4 Å². The Hall–Kier alpha value is -2.33. The molecule has 2 rings (SSSR count). The number of hydrogen-bond acceptors (Lipinski definition) is 8. The van der Waals surface area contributed by atoms with Crippen molar-refractivity contribution in [2.75, 3.05) is 36.2 Å². The van der Waals surface area contributed by atoms with Crippen LogP contribution < -0.4 is 20.7 Å². The molecule has 1 aromatic heterocycles. The first kappa shape index (κ1) is 21.0. The van der Waals surface area contributed by atoms with E-state index in [1.165, 1.54) is 0 Å². The molecule has 3 N–H and O–H groups in total. The highest BCUT2D eigenvalue weighted by Gasteiger charge is 2.15. The number of nitrogens with zero attached hydrogens (tertiary/aromatic N) is 3. The number of rotatable bonds is 11. The average Bonchev–Trinajstić information content (AvgIpc) is 3.10. The van der Waals surface area contributed by atoms with Gasteiger partial charge in [0.1, 0.15) is 5.75 Å². The minimum absolute atomic E-state index is 0.0661. The van der Waals surface area contributed by atoms with E-state index in [0.29, 0.717) is 22.6 Å². The summed E-state index contributed by atoms with van der Waals surface area (Å²) in [4.78, 5) is 29.7. The van der Waals surface area contributed by atoms with Gasteiger partial charge in [0.2, 0.25) is 22.1 Å². The number of ether oxygens (including phenoxy) is 1. The van der Waals surface area contributed by atoms with Crippen molar-refractivity contribution in [2.45, 2.75) is 24.9 Å². The van der Waals surface area contributed by atoms with E-state index < -0.39 is 5.91 Å². The Kier molecular flexibility index (Phi) is 8.34. The molecule has 0 spiro atoms. The van der Waals surface area contributed by atoms with Crippen molar-refractivity contribution in [1.29, 1.82) is 0 Å². The molecule has 0 unspecified atom stereocenters. The van der Waals surface area contributed by atoms with Gasteiger partial charge in [-0.05, 0) is 30.7 Å². The van der Waals surface area contributed by atoms with E-state index in [-0.39, 0.29) is 18.9 Å². The molecular weight excluding hydrogens is 386 g/mol. The number of nitrogens with one attached hydrogen (secondary N) is 1. The molecule has 0 atom stereocenters. The minimum atomic E-state index is -0.421. The Bertz CT molecular complexity index is 751. The molecule has 2 aromatic rings.